The molecule has 2 N–H and O–H groups in total. The lowest BCUT2D eigenvalue weighted by Gasteiger charge is -2.27. The number of carbonyl (C=O) groups excluding carboxylic acids is 1. The van der Waals surface area contributed by atoms with Gasteiger partial charge in [-0.05, 0) is 19.3 Å². The monoisotopic (exact) mass is 408 g/mol. The van der Waals surface area contributed by atoms with Gasteiger partial charge in [0.1, 0.15) is 13.1 Å². The zero-order chi connectivity index (χ0) is 14.5. The summed E-state index contributed by atoms with van der Waals surface area (Å²) in [6.07, 6.45) is -1.24. The zero-order valence-corrected chi connectivity index (χ0v) is 13.6. The summed E-state index contributed by atoms with van der Waals surface area (Å²) >= 11 is 0. The minimum atomic E-state index is -4.40. The highest BCUT2D eigenvalue weighted by atomic mass is 127. The Labute approximate surface area is 133 Å². The molecule has 0 radical (unpaired) electrons. The summed E-state index contributed by atoms with van der Waals surface area (Å²) in [5, 5.41) is 0. The number of carbonyl (C=O) groups is 1. The Bertz CT molecular complexity index is 343. The van der Waals surface area contributed by atoms with E-state index in [9.17, 15) is 18.0 Å². The van der Waals surface area contributed by atoms with Gasteiger partial charge in [-0.25, -0.2) is 4.99 Å². The number of likely N-dealkylation sites (N-methyl/N-ethyl adjacent to an activating group) is 1. The first-order valence-corrected chi connectivity index (χ1v) is 6.15. The minimum absolute atomic E-state index is 0. The van der Waals surface area contributed by atoms with E-state index in [0.717, 1.165) is 39.4 Å². The van der Waals surface area contributed by atoms with E-state index in [1.165, 1.54) is 0 Å². The lowest BCUT2D eigenvalue weighted by molar-refractivity contribution is -0.157. The fourth-order valence-electron chi connectivity index (χ4n) is 1.85. The summed E-state index contributed by atoms with van der Waals surface area (Å²) < 4.78 is 36.3. The number of guanidine groups is 1. The van der Waals surface area contributed by atoms with Crippen LogP contribution in [0.1, 0.15) is 19.3 Å². The van der Waals surface area contributed by atoms with Crippen LogP contribution in [-0.4, -0.2) is 61.1 Å². The van der Waals surface area contributed by atoms with Crippen LogP contribution >= 0.6 is 24.0 Å². The molecular formula is C11H20F3IN4O. The Balaban J connectivity index is 0.00000361. The Morgan fingerprint density at radius 1 is 1.30 bits per heavy atom. The van der Waals surface area contributed by atoms with Crippen molar-refractivity contribution < 1.29 is 18.0 Å². The van der Waals surface area contributed by atoms with Crippen LogP contribution < -0.4 is 5.73 Å². The molecule has 1 amide bonds. The zero-order valence-electron chi connectivity index (χ0n) is 11.3. The van der Waals surface area contributed by atoms with Crippen molar-refractivity contribution in [3.8, 4) is 0 Å². The van der Waals surface area contributed by atoms with Gasteiger partial charge in [-0.1, -0.05) is 0 Å². The molecule has 0 aromatic rings. The molecule has 1 aliphatic heterocycles. The number of hydrogen-bond acceptors (Lipinski definition) is 2. The molecule has 0 bridgehead atoms. The van der Waals surface area contributed by atoms with Crippen molar-refractivity contribution in [3.05, 3.63) is 0 Å². The van der Waals surface area contributed by atoms with E-state index in [0.29, 0.717) is 4.90 Å². The van der Waals surface area contributed by atoms with Gasteiger partial charge in [-0.15, -0.1) is 24.0 Å². The lowest BCUT2D eigenvalue weighted by atomic mass is 10.1. The van der Waals surface area contributed by atoms with E-state index < -0.39 is 18.6 Å². The number of nitrogens with zero attached hydrogens (tertiary/aromatic N) is 3. The second kappa shape index (κ2) is 8.53. The van der Waals surface area contributed by atoms with E-state index in [1.54, 1.807) is 0 Å². The molecule has 1 aliphatic rings. The van der Waals surface area contributed by atoms with E-state index >= 15 is 0 Å². The van der Waals surface area contributed by atoms with Crippen molar-refractivity contribution >= 4 is 35.8 Å². The maximum Gasteiger partial charge on any atom is 0.406 e. The molecule has 0 atom stereocenters. The summed E-state index contributed by atoms with van der Waals surface area (Å²) in [4.78, 5) is 17.8. The number of aliphatic imine (C=N–C) groups is 1. The van der Waals surface area contributed by atoms with Crippen LogP contribution in [0.15, 0.2) is 4.99 Å². The quantitative estimate of drug-likeness (QED) is 0.437. The molecule has 0 saturated carbocycles. The fraction of sp³-hybridized carbons (Fsp3) is 0.818. The number of halogens is 4. The first-order chi connectivity index (χ1) is 8.79. The van der Waals surface area contributed by atoms with Crippen LogP contribution in [-0.2, 0) is 4.79 Å². The van der Waals surface area contributed by atoms with Gasteiger partial charge in [-0.2, -0.15) is 13.2 Å². The van der Waals surface area contributed by atoms with Gasteiger partial charge in [-0.3, -0.25) is 4.79 Å². The Morgan fingerprint density at radius 3 is 2.35 bits per heavy atom. The van der Waals surface area contributed by atoms with Crippen LogP contribution in [0.3, 0.4) is 0 Å². The number of piperidine rings is 1. The normalized spacial score (nSPS) is 16.6. The molecule has 1 saturated heterocycles. The molecule has 1 heterocycles. The first-order valence-electron chi connectivity index (χ1n) is 6.15. The molecule has 118 valence electrons. The molecule has 1 rings (SSSR count). The van der Waals surface area contributed by atoms with Crippen LogP contribution in [0, 0.1) is 0 Å². The van der Waals surface area contributed by atoms with Crippen molar-refractivity contribution in [1.29, 1.82) is 0 Å². The van der Waals surface area contributed by atoms with Gasteiger partial charge in [0.05, 0.1) is 0 Å². The van der Waals surface area contributed by atoms with Crippen LogP contribution in [0.4, 0.5) is 13.2 Å². The molecule has 0 aliphatic carbocycles. The van der Waals surface area contributed by atoms with Crippen LogP contribution in [0.2, 0.25) is 0 Å². The number of amides is 1. The van der Waals surface area contributed by atoms with Crippen molar-refractivity contribution in [2.75, 3.05) is 33.2 Å². The van der Waals surface area contributed by atoms with Gasteiger partial charge >= 0.3 is 6.18 Å². The Kier molecular flexibility index (Phi) is 8.21. The third-order valence-corrected chi connectivity index (χ3v) is 2.90. The minimum Gasteiger partial charge on any atom is -0.370 e. The molecule has 20 heavy (non-hydrogen) atoms. The van der Waals surface area contributed by atoms with Crippen molar-refractivity contribution in [3.63, 3.8) is 0 Å². The van der Waals surface area contributed by atoms with Crippen LogP contribution in [0.5, 0.6) is 0 Å². The number of rotatable bonds is 3. The van der Waals surface area contributed by atoms with Crippen molar-refractivity contribution in [2.45, 2.75) is 25.4 Å². The van der Waals surface area contributed by atoms with Gasteiger partial charge in [0.15, 0.2) is 5.96 Å². The number of alkyl halides is 3. The number of likely N-dealkylation sites (tertiary alicyclic amines) is 1. The smallest absolute Gasteiger partial charge is 0.370 e. The highest BCUT2D eigenvalue weighted by molar-refractivity contribution is 14.0. The van der Waals surface area contributed by atoms with Crippen LogP contribution in [0.25, 0.3) is 0 Å². The van der Waals surface area contributed by atoms with Gasteiger partial charge in [0, 0.05) is 20.1 Å². The molecule has 5 nitrogen and oxygen atoms in total. The Morgan fingerprint density at radius 2 is 1.85 bits per heavy atom. The molecule has 1 fully saturated rings. The summed E-state index contributed by atoms with van der Waals surface area (Å²) in [5.74, 6) is -0.467. The van der Waals surface area contributed by atoms with E-state index in [1.807, 2.05) is 4.90 Å². The number of nitrogens with two attached hydrogens (primary N) is 1. The summed E-state index contributed by atoms with van der Waals surface area (Å²) in [7, 11) is 1.10. The molecule has 0 spiro atoms. The van der Waals surface area contributed by atoms with E-state index in [-0.39, 0.29) is 36.5 Å². The van der Waals surface area contributed by atoms with Crippen molar-refractivity contribution in [1.82, 2.24) is 9.80 Å². The SMILES string of the molecule is CN(CC(F)(F)F)C(=O)CN=C(N)N1CCCCC1.I. The Hall–Kier alpha value is -0.740. The summed E-state index contributed by atoms with van der Waals surface area (Å²) in [5.41, 5.74) is 5.71. The molecule has 9 heteroatoms. The van der Waals surface area contributed by atoms with Gasteiger partial charge in [0.25, 0.3) is 0 Å². The molecular weight excluding hydrogens is 388 g/mol. The first kappa shape index (κ1) is 19.3. The largest absolute Gasteiger partial charge is 0.406 e. The molecule has 0 aromatic carbocycles. The predicted octanol–water partition coefficient (Wildman–Crippen LogP) is 1.43. The summed E-state index contributed by atoms with van der Waals surface area (Å²) in [6.45, 7) is -0.0658. The van der Waals surface area contributed by atoms with Gasteiger partial charge in [0.2, 0.25) is 5.91 Å². The van der Waals surface area contributed by atoms with E-state index in [2.05, 4.69) is 4.99 Å². The fourth-order valence-corrected chi connectivity index (χ4v) is 1.85. The predicted molar refractivity (Wildman–Crippen MR) is 81.0 cm³/mol. The topological polar surface area (TPSA) is 61.9 Å². The summed E-state index contributed by atoms with van der Waals surface area (Å²) in [6, 6.07) is 0. The number of hydrogen-bond donors (Lipinski definition) is 1. The second-order valence-electron chi connectivity index (χ2n) is 4.59. The molecule has 0 aromatic heterocycles. The highest BCUT2D eigenvalue weighted by Crippen LogP contribution is 2.15. The average molecular weight is 408 g/mol. The maximum atomic E-state index is 12.1. The lowest BCUT2D eigenvalue weighted by Crippen LogP contribution is -2.42. The average Bonchev–Trinajstić information content (AvgIpc) is 2.34. The third-order valence-electron chi connectivity index (χ3n) is 2.90. The molecule has 0 unspecified atom stereocenters. The van der Waals surface area contributed by atoms with Crippen molar-refractivity contribution in [2.24, 2.45) is 10.7 Å². The van der Waals surface area contributed by atoms with Gasteiger partial charge < -0.3 is 15.5 Å². The maximum absolute atomic E-state index is 12.1. The standard InChI is InChI=1S/C11H19F3N4O.HI/c1-17(8-11(12,13)14)9(19)7-16-10(15)18-5-3-2-4-6-18;/h2-8H2,1H3,(H2,15,16);1H. The second-order valence-corrected chi connectivity index (χ2v) is 4.59. The third kappa shape index (κ3) is 7.15. The highest BCUT2D eigenvalue weighted by Gasteiger charge is 2.31. The van der Waals surface area contributed by atoms with E-state index in [4.69, 9.17) is 5.73 Å².